The molecule has 0 aliphatic carbocycles. The Bertz CT molecular complexity index is 1000. The Hall–Kier alpha value is -2.93. The van der Waals surface area contributed by atoms with Gasteiger partial charge in [0.05, 0.1) is 29.2 Å². The fourth-order valence-electron chi connectivity index (χ4n) is 2.69. The maximum atomic E-state index is 11.8. The molecule has 140 valence electrons. The fourth-order valence-corrected chi connectivity index (χ4v) is 3.41. The first kappa shape index (κ1) is 18.8. The van der Waals surface area contributed by atoms with Crippen LogP contribution >= 0.6 is 0 Å². The number of ether oxygens (including phenoxy) is 2. The van der Waals surface area contributed by atoms with Crippen molar-refractivity contribution in [1.82, 2.24) is 4.98 Å². The van der Waals surface area contributed by atoms with Crippen molar-refractivity contribution >= 4 is 27.5 Å². The first-order chi connectivity index (χ1) is 13.0. The second-order valence-corrected chi connectivity index (χ2v) is 7.56. The van der Waals surface area contributed by atoms with Crippen molar-refractivity contribution in [1.29, 1.82) is 0 Å². The molecule has 0 spiro atoms. The van der Waals surface area contributed by atoms with Gasteiger partial charge in [0.25, 0.3) is 0 Å². The molecule has 0 aliphatic heterocycles. The lowest BCUT2D eigenvalue weighted by Gasteiger charge is -2.12. The minimum Gasteiger partial charge on any atom is -0.497 e. The van der Waals surface area contributed by atoms with E-state index in [0.29, 0.717) is 33.6 Å². The van der Waals surface area contributed by atoms with Crippen LogP contribution in [0, 0.1) is 0 Å². The number of benzene rings is 2. The molecule has 0 fully saturated rings. The highest BCUT2D eigenvalue weighted by Crippen LogP contribution is 2.33. The first-order valence-electron chi connectivity index (χ1n) is 8.35. The van der Waals surface area contributed by atoms with Gasteiger partial charge < -0.3 is 14.6 Å². The maximum absolute atomic E-state index is 11.8. The molecule has 1 heterocycles. The molecule has 1 atom stereocenters. The van der Waals surface area contributed by atoms with E-state index in [2.05, 4.69) is 4.98 Å². The fraction of sp³-hybridized carbons (Fsp3) is 0.200. The number of rotatable bonds is 7. The van der Waals surface area contributed by atoms with E-state index in [9.17, 15) is 9.00 Å². The molecule has 1 aromatic heterocycles. The predicted octanol–water partition coefficient (Wildman–Crippen LogP) is 3.79. The van der Waals surface area contributed by atoms with Gasteiger partial charge in [0, 0.05) is 23.4 Å². The molecule has 7 heteroatoms. The zero-order valence-corrected chi connectivity index (χ0v) is 15.8. The molecule has 0 saturated heterocycles. The summed E-state index contributed by atoms with van der Waals surface area (Å²) in [7, 11) is 0.496. The van der Waals surface area contributed by atoms with E-state index >= 15 is 0 Å². The van der Waals surface area contributed by atoms with Crippen LogP contribution in [0.5, 0.6) is 17.4 Å². The van der Waals surface area contributed by atoms with Crippen LogP contribution in [-0.4, -0.2) is 33.1 Å². The second-order valence-electron chi connectivity index (χ2n) is 5.82. The summed E-state index contributed by atoms with van der Waals surface area (Å²) in [5.41, 5.74) is 0.624. The molecular formula is C20H19NO5S. The number of carbonyl (C=O) groups is 1. The van der Waals surface area contributed by atoms with Gasteiger partial charge in [-0.05, 0) is 35.2 Å². The van der Waals surface area contributed by atoms with E-state index in [4.69, 9.17) is 14.6 Å². The van der Waals surface area contributed by atoms with Gasteiger partial charge in [-0.2, -0.15) is 0 Å². The van der Waals surface area contributed by atoms with Crippen molar-refractivity contribution in [2.45, 2.75) is 18.2 Å². The zero-order valence-electron chi connectivity index (χ0n) is 15.0. The van der Waals surface area contributed by atoms with Crippen molar-refractivity contribution in [2.24, 2.45) is 0 Å². The molecule has 0 amide bonds. The van der Waals surface area contributed by atoms with Gasteiger partial charge in [0.2, 0.25) is 5.88 Å². The highest BCUT2D eigenvalue weighted by molar-refractivity contribution is 7.85. The number of methoxy groups -OCH3 is 1. The number of hydrogen-bond acceptors (Lipinski definition) is 5. The Labute approximate surface area is 159 Å². The van der Waals surface area contributed by atoms with Crippen LogP contribution in [0.4, 0.5) is 0 Å². The number of aliphatic carboxylic acids is 1. The van der Waals surface area contributed by atoms with Gasteiger partial charge in [0.15, 0.2) is 0 Å². The summed E-state index contributed by atoms with van der Waals surface area (Å²) in [6.07, 6.45) is 1.42. The van der Waals surface area contributed by atoms with E-state index in [1.165, 1.54) is 6.20 Å². The highest BCUT2D eigenvalue weighted by Gasteiger charge is 2.11. The molecule has 27 heavy (non-hydrogen) atoms. The van der Waals surface area contributed by atoms with Crippen molar-refractivity contribution < 1.29 is 23.6 Å². The Morgan fingerprint density at radius 1 is 1.19 bits per heavy atom. The molecule has 0 radical (unpaired) electrons. The molecule has 0 bridgehead atoms. The van der Waals surface area contributed by atoms with Crippen LogP contribution in [0.3, 0.4) is 0 Å². The molecule has 0 saturated carbocycles. The average molecular weight is 385 g/mol. The number of carboxylic acid groups (broad SMARTS) is 1. The quantitative estimate of drug-likeness (QED) is 0.666. The summed E-state index contributed by atoms with van der Waals surface area (Å²) in [4.78, 5) is 16.0. The Morgan fingerprint density at radius 2 is 2.00 bits per heavy atom. The number of fused-ring (bicyclic) bond motifs is 1. The third kappa shape index (κ3) is 4.43. The third-order valence-corrected chi connectivity index (χ3v) is 5.28. The summed E-state index contributed by atoms with van der Waals surface area (Å²) < 4.78 is 23.0. The number of carboxylic acids is 1. The lowest BCUT2D eigenvalue weighted by atomic mass is 10.0. The maximum Gasteiger partial charge on any atom is 0.307 e. The van der Waals surface area contributed by atoms with E-state index in [1.54, 1.807) is 25.3 Å². The normalized spacial score (nSPS) is 11.9. The van der Waals surface area contributed by atoms with Crippen LogP contribution in [0.2, 0.25) is 0 Å². The van der Waals surface area contributed by atoms with E-state index in [0.717, 1.165) is 10.8 Å². The SMILES string of the molecule is CCS(=O)c1ccc(Oc2cc(CC(=O)O)cc3ccc(OC)cc23)nc1. The van der Waals surface area contributed by atoms with Gasteiger partial charge in [0.1, 0.15) is 11.5 Å². The van der Waals surface area contributed by atoms with Gasteiger partial charge >= 0.3 is 5.97 Å². The number of hydrogen-bond donors (Lipinski definition) is 1. The minimum atomic E-state index is -1.08. The summed E-state index contributed by atoms with van der Waals surface area (Å²) in [6.45, 7) is 1.84. The van der Waals surface area contributed by atoms with E-state index < -0.39 is 16.8 Å². The first-order valence-corrected chi connectivity index (χ1v) is 9.66. The number of nitrogens with zero attached hydrogens (tertiary/aromatic N) is 1. The highest BCUT2D eigenvalue weighted by atomic mass is 32.2. The van der Waals surface area contributed by atoms with Gasteiger partial charge in [-0.3, -0.25) is 9.00 Å². The smallest absolute Gasteiger partial charge is 0.307 e. The Kier molecular flexibility index (Phi) is 5.71. The van der Waals surface area contributed by atoms with Crippen molar-refractivity contribution in [3.63, 3.8) is 0 Å². The second kappa shape index (κ2) is 8.18. The molecule has 3 rings (SSSR count). The van der Waals surface area contributed by atoms with Gasteiger partial charge in [-0.15, -0.1) is 0 Å². The summed E-state index contributed by atoms with van der Waals surface area (Å²) in [5, 5.41) is 10.7. The largest absolute Gasteiger partial charge is 0.497 e. The molecule has 6 nitrogen and oxygen atoms in total. The van der Waals surface area contributed by atoms with Crippen LogP contribution in [0.1, 0.15) is 12.5 Å². The summed E-state index contributed by atoms with van der Waals surface area (Å²) in [5.74, 6) is 1.09. The van der Waals surface area contributed by atoms with Gasteiger partial charge in [-0.25, -0.2) is 4.98 Å². The number of aromatic nitrogens is 1. The lowest BCUT2D eigenvalue weighted by Crippen LogP contribution is -2.01. The average Bonchev–Trinajstić information content (AvgIpc) is 2.67. The number of pyridine rings is 1. The van der Waals surface area contributed by atoms with Crippen molar-refractivity contribution in [3.05, 3.63) is 54.2 Å². The van der Waals surface area contributed by atoms with E-state index in [1.807, 2.05) is 31.2 Å². The molecule has 2 aromatic carbocycles. The standard InChI is InChI=1S/C20H19NO5S/c1-3-27(24)16-6-7-19(21-12-16)26-18-9-13(10-20(22)23)8-14-4-5-15(25-2)11-17(14)18/h4-9,11-12H,3,10H2,1-2H3,(H,22,23). The minimum absolute atomic E-state index is 0.111. The van der Waals surface area contributed by atoms with Crippen LogP contribution in [0.25, 0.3) is 10.8 Å². The predicted molar refractivity (Wildman–Crippen MR) is 103 cm³/mol. The monoisotopic (exact) mass is 385 g/mol. The molecule has 0 aliphatic rings. The molecule has 1 N–H and O–H groups in total. The van der Waals surface area contributed by atoms with Crippen LogP contribution in [-0.2, 0) is 22.0 Å². The van der Waals surface area contributed by atoms with Crippen LogP contribution < -0.4 is 9.47 Å². The Balaban J connectivity index is 2.02. The van der Waals surface area contributed by atoms with Gasteiger partial charge in [-0.1, -0.05) is 19.1 Å². The topological polar surface area (TPSA) is 85.7 Å². The van der Waals surface area contributed by atoms with Crippen molar-refractivity contribution in [2.75, 3.05) is 12.9 Å². The third-order valence-electron chi connectivity index (χ3n) is 3.99. The van der Waals surface area contributed by atoms with Crippen LogP contribution in [0.15, 0.2) is 53.6 Å². The molecule has 3 aromatic rings. The summed E-state index contributed by atoms with van der Waals surface area (Å²) >= 11 is 0. The molecular weight excluding hydrogens is 366 g/mol. The summed E-state index contributed by atoms with van der Waals surface area (Å²) in [6, 6.07) is 12.4. The van der Waals surface area contributed by atoms with E-state index in [-0.39, 0.29) is 6.42 Å². The van der Waals surface area contributed by atoms with Crippen molar-refractivity contribution in [3.8, 4) is 17.4 Å². The lowest BCUT2D eigenvalue weighted by molar-refractivity contribution is -0.136. The zero-order chi connectivity index (χ0) is 19.4. The molecule has 1 unspecified atom stereocenters. The Morgan fingerprint density at radius 3 is 2.63 bits per heavy atom.